The maximum absolute atomic E-state index is 10.3. The van der Waals surface area contributed by atoms with Crippen molar-refractivity contribution in [2.75, 3.05) is 0 Å². The Balaban J connectivity index is 2.11. The normalized spacial score (nSPS) is 26.8. The first kappa shape index (κ1) is 13.1. The summed E-state index contributed by atoms with van der Waals surface area (Å²) in [7, 11) is 0. The van der Waals surface area contributed by atoms with E-state index in [1.165, 1.54) is 19.0 Å². The smallest absolute Gasteiger partial charge is 0.100 e. The number of halogens is 2. The summed E-state index contributed by atoms with van der Waals surface area (Å²) < 4.78 is 0. The zero-order valence-electron chi connectivity index (χ0n) is 9.87. The van der Waals surface area contributed by atoms with E-state index >= 15 is 0 Å². The van der Waals surface area contributed by atoms with Crippen molar-refractivity contribution in [3.05, 3.63) is 28.0 Å². The van der Waals surface area contributed by atoms with Crippen molar-refractivity contribution in [1.82, 2.24) is 4.98 Å². The second-order valence-corrected chi connectivity index (χ2v) is 5.83. The van der Waals surface area contributed by atoms with Gasteiger partial charge in [-0.05, 0) is 30.7 Å². The molecule has 0 amide bonds. The summed E-state index contributed by atoms with van der Waals surface area (Å²) in [6.07, 6.45) is 5.41. The fourth-order valence-electron chi connectivity index (χ4n) is 2.47. The highest BCUT2D eigenvalue weighted by Crippen LogP contribution is 2.38. The molecule has 1 fully saturated rings. The molecule has 4 heteroatoms. The molecule has 0 radical (unpaired) electrons. The number of aliphatic hydroxyl groups excluding tert-OH is 1. The highest BCUT2D eigenvalue weighted by atomic mass is 35.5. The molecule has 1 atom stereocenters. The van der Waals surface area contributed by atoms with Gasteiger partial charge in [-0.3, -0.25) is 4.98 Å². The maximum Gasteiger partial charge on any atom is 0.100 e. The molecule has 2 rings (SSSR count). The number of hydrogen-bond donors (Lipinski definition) is 1. The molecule has 1 aliphatic rings. The average molecular weight is 274 g/mol. The van der Waals surface area contributed by atoms with Crippen molar-refractivity contribution in [3.8, 4) is 0 Å². The van der Waals surface area contributed by atoms with E-state index in [0.717, 1.165) is 18.8 Å². The molecule has 1 aliphatic carbocycles. The molecule has 17 heavy (non-hydrogen) atoms. The predicted octanol–water partition coefficient (Wildman–Crippen LogP) is 4.25. The van der Waals surface area contributed by atoms with Gasteiger partial charge >= 0.3 is 0 Å². The minimum Gasteiger partial charge on any atom is -0.386 e. The minimum absolute atomic E-state index is 0.275. The van der Waals surface area contributed by atoms with Gasteiger partial charge in [-0.25, -0.2) is 0 Å². The van der Waals surface area contributed by atoms with Gasteiger partial charge in [0.1, 0.15) is 6.10 Å². The molecular weight excluding hydrogens is 257 g/mol. The molecule has 1 N–H and O–H groups in total. The molecule has 0 saturated heterocycles. The molecule has 1 saturated carbocycles. The summed E-state index contributed by atoms with van der Waals surface area (Å²) in [5.41, 5.74) is 0.565. The number of aliphatic hydroxyl groups is 1. The Bertz CT molecular complexity index is 389. The van der Waals surface area contributed by atoms with Crippen molar-refractivity contribution in [2.45, 2.75) is 38.7 Å². The van der Waals surface area contributed by atoms with Crippen LogP contribution in [0.3, 0.4) is 0 Å². The Labute approximate surface area is 112 Å². The number of aromatic nitrogens is 1. The summed E-state index contributed by atoms with van der Waals surface area (Å²) in [4.78, 5) is 4.16. The van der Waals surface area contributed by atoms with Crippen LogP contribution in [0.25, 0.3) is 0 Å². The number of nitrogens with zero attached hydrogens (tertiary/aromatic N) is 1. The lowest BCUT2D eigenvalue weighted by atomic mass is 9.79. The van der Waals surface area contributed by atoms with Crippen LogP contribution in [0, 0.1) is 11.8 Å². The molecule has 0 aromatic carbocycles. The highest BCUT2D eigenvalue weighted by molar-refractivity contribution is 6.34. The highest BCUT2D eigenvalue weighted by Gasteiger charge is 2.27. The molecule has 1 heterocycles. The number of hydrogen-bond acceptors (Lipinski definition) is 2. The van der Waals surface area contributed by atoms with Crippen LogP contribution in [0.2, 0.25) is 10.0 Å². The second-order valence-electron chi connectivity index (χ2n) is 4.99. The maximum atomic E-state index is 10.3. The monoisotopic (exact) mass is 273 g/mol. The van der Waals surface area contributed by atoms with E-state index in [9.17, 15) is 5.11 Å². The van der Waals surface area contributed by atoms with Gasteiger partial charge in [-0.2, -0.15) is 0 Å². The molecule has 1 unspecified atom stereocenters. The van der Waals surface area contributed by atoms with Crippen molar-refractivity contribution in [1.29, 1.82) is 0 Å². The van der Waals surface area contributed by atoms with Crippen molar-refractivity contribution in [3.63, 3.8) is 0 Å². The van der Waals surface area contributed by atoms with Gasteiger partial charge in [0, 0.05) is 6.20 Å². The fourth-order valence-corrected chi connectivity index (χ4v) is 2.96. The quantitative estimate of drug-likeness (QED) is 0.874. The minimum atomic E-state index is -0.563. The fraction of sp³-hybridized carbons (Fsp3) is 0.615. The van der Waals surface area contributed by atoms with Crippen molar-refractivity contribution in [2.24, 2.45) is 11.8 Å². The lowest BCUT2D eigenvalue weighted by Gasteiger charge is -2.29. The summed E-state index contributed by atoms with van der Waals surface area (Å²) in [6, 6.07) is 1.64. The van der Waals surface area contributed by atoms with Crippen LogP contribution in [0.1, 0.15) is 44.4 Å². The number of rotatable bonds is 2. The van der Waals surface area contributed by atoms with Gasteiger partial charge in [-0.15, -0.1) is 0 Å². The van der Waals surface area contributed by atoms with Crippen LogP contribution in [0.4, 0.5) is 0 Å². The van der Waals surface area contributed by atoms with Crippen LogP contribution in [0.15, 0.2) is 12.3 Å². The largest absolute Gasteiger partial charge is 0.386 e. The van der Waals surface area contributed by atoms with Crippen LogP contribution >= 0.6 is 23.2 Å². The van der Waals surface area contributed by atoms with E-state index in [1.807, 2.05) is 0 Å². The number of pyridine rings is 1. The Morgan fingerprint density at radius 3 is 2.53 bits per heavy atom. The standard InChI is InChI=1S/C13H17Cl2NO/c1-8-2-4-9(5-3-8)13(17)12-11(15)6-10(14)7-16-12/h6-9,13,17H,2-5H2,1H3. The molecule has 0 bridgehead atoms. The van der Waals surface area contributed by atoms with Crippen LogP contribution in [-0.2, 0) is 0 Å². The van der Waals surface area contributed by atoms with Gasteiger partial charge in [0.15, 0.2) is 0 Å². The lowest BCUT2D eigenvalue weighted by molar-refractivity contribution is 0.0722. The molecule has 0 spiro atoms. The van der Waals surface area contributed by atoms with Gasteiger partial charge < -0.3 is 5.11 Å². The van der Waals surface area contributed by atoms with Gasteiger partial charge in [0.25, 0.3) is 0 Å². The molecular formula is C13H17Cl2NO. The first-order valence-electron chi connectivity index (χ1n) is 6.07. The summed E-state index contributed by atoms with van der Waals surface area (Å²) >= 11 is 11.9. The van der Waals surface area contributed by atoms with E-state index in [4.69, 9.17) is 23.2 Å². The Hall–Kier alpha value is -0.310. The molecule has 0 aliphatic heterocycles. The Morgan fingerprint density at radius 1 is 1.29 bits per heavy atom. The Morgan fingerprint density at radius 2 is 1.94 bits per heavy atom. The summed E-state index contributed by atoms with van der Waals surface area (Å²) in [5.74, 6) is 1.05. The van der Waals surface area contributed by atoms with Crippen LogP contribution in [-0.4, -0.2) is 10.1 Å². The third kappa shape index (κ3) is 3.12. The SMILES string of the molecule is CC1CCC(C(O)c2ncc(Cl)cc2Cl)CC1. The van der Waals surface area contributed by atoms with Crippen molar-refractivity contribution >= 4 is 23.2 Å². The first-order valence-corrected chi connectivity index (χ1v) is 6.82. The van der Waals surface area contributed by atoms with Crippen LogP contribution < -0.4 is 0 Å². The van der Waals surface area contributed by atoms with E-state index < -0.39 is 6.10 Å². The van der Waals surface area contributed by atoms with Gasteiger partial charge in [-0.1, -0.05) is 43.0 Å². The topological polar surface area (TPSA) is 33.1 Å². The second kappa shape index (κ2) is 5.55. The third-order valence-electron chi connectivity index (χ3n) is 3.62. The lowest BCUT2D eigenvalue weighted by Crippen LogP contribution is -2.20. The molecule has 2 nitrogen and oxygen atoms in total. The van der Waals surface area contributed by atoms with E-state index in [1.54, 1.807) is 6.07 Å². The van der Waals surface area contributed by atoms with Crippen LogP contribution in [0.5, 0.6) is 0 Å². The zero-order chi connectivity index (χ0) is 12.4. The molecule has 1 aromatic rings. The predicted molar refractivity (Wildman–Crippen MR) is 70.3 cm³/mol. The zero-order valence-corrected chi connectivity index (χ0v) is 11.4. The Kier molecular flexibility index (Phi) is 4.29. The van der Waals surface area contributed by atoms with E-state index in [2.05, 4.69) is 11.9 Å². The molecule has 1 aromatic heterocycles. The van der Waals surface area contributed by atoms with Crippen molar-refractivity contribution < 1.29 is 5.11 Å². The van der Waals surface area contributed by atoms with Gasteiger partial charge in [0.2, 0.25) is 0 Å². The molecule has 94 valence electrons. The van der Waals surface area contributed by atoms with E-state index in [-0.39, 0.29) is 5.92 Å². The summed E-state index contributed by atoms with van der Waals surface area (Å²) in [5, 5.41) is 11.3. The van der Waals surface area contributed by atoms with Gasteiger partial charge in [0.05, 0.1) is 15.7 Å². The summed E-state index contributed by atoms with van der Waals surface area (Å²) in [6.45, 7) is 2.26. The van der Waals surface area contributed by atoms with E-state index in [0.29, 0.717) is 15.7 Å². The average Bonchev–Trinajstić information content (AvgIpc) is 2.29. The first-order chi connectivity index (χ1) is 8.08. The third-order valence-corrected chi connectivity index (χ3v) is 4.13.